The van der Waals surface area contributed by atoms with Crippen molar-refractivity contribution in [1.29, 1.82) is 0 Å². The molecule has 0 bridgehead atoms. The minimum absolute atomic E-state index is 0.265. The Labute approximate surface area is 103 Å². The number of aromatic carboxylic acids is 1. The van der Waals surface area contributed by atoms with Crippen molar-refractivity contribution in [3.63, 3.8) is 0 Å². The highest BCUT2D eigenvalue weighted by Gasteiger charge is 2.28. The van der Waals surface area contributed by atoms with Crippen LogP contribution in [0, 0.1) is 6.92 Å². The first-order valence-corrected chi connectivity index (χ1v) is 5.86. The van der Waals surface area contributed by atoms with Gasteiger partial charge in [0.25, 0.3) is 0 Å². The summed E-state index contributed by atoms with van der Waals surface area (Å²) in [6.07, 6.45) is 3.95. The van der Waals surface area contributed by atoms with Crippen LogP contribution in [0.4, 0.5) is 0 Å². The highest BCUT2D eigenvalue weighted by molar-refractivity contribution is 5.87. The molecule has 94 valence electrons. The molecule has 0 aromatic carbocycles. The summed E-state index contributed by atoms with van der Waals surface area (Å²) in [6.45, 7) is 2.07. The summed E-state index contributed by atoms with van der Waals surface area (Å²) in [6, 6.07) is 1.77. The molecule has 6 nitrogen and oxygen atoms in total. The molecule has 18 heavy (non-hydrogen) atoms. The van der Waals surface area contributed by atoms with Crippen LogP contribution in [0.1, 0.15) is 46.5 Å². The summed E-state index contributed by atoms with van der Waals surface area (Å²) in [5.74, 6) is 0.688. The van der Waals surface area contributed by atoms with Crippen LogP contribution in [0.5, 0.6) is 0 Å². The van der Waals surface area contributed by atoms with Gasteiger partial charge in [0.15, 0.2) is 5.82 Å². The third-order valence-corrected chi connectivity index (χ3v) is 3.10. The lowest BCUT2D eigenvalue weighted by atomic mass is 10.3. The Kier molecular flexibility index (Phi) is 2.43. The summed E-state index contributed by atoms with van der Waals surface area (Å²) in [5, 5.41) is 13.0. The predicted octanol–water partition coefficient (Wildman–Crippen LogP) is 1.80. The van der Waals surface area contributed by atoms with Crippen LogP contribution in [0.15, 0.2) is 16.8 Å². The second-order valence-electron chi connectivity index (χ2n) is 4.60. The van der Waals surface area contributed by atoms with E-state index >= 15 is 0 Å². The molecule has 1 aliphatic carbocycles. The number of hydrogen-bond donors (Lipinski definition) is 1. The molecule has 0 amide bonds. The van der Waals surface area contributed by atoms with Crippen LogP contribution < -0.4 is 0 Å². The van der Waals surface area contributed by atoms with Crippen molar-refractivity contribution in [2.24, 2.45) is 0 Å². The fourth-order valence-corrected chi connectivity index (χ4v) is 1.99. The maximum atomic E-state index is 11.1. The molecular formula is C12H13N3O3. The van der Waals surface area contributed by atoms with Gasteiger partial charge in [0.1, 0.15) is 12.2 Å². The predicted molar refractivity (Wildman–Crippen MR) is 61.5 cm³/mol. The molecule has 1 saturated carbocycles. The summed E-state index contributed by atoms with van der Waals surface area (Å²) >= 11 is 0. The topological polar surface area (TPSA) is 81.2 Å². The van der Waals surface area contributed by atoms with Crippen molar-refractivity contribution in [3.8, 4) is 0 Å². The van der Waals surface area contributed by atoms with E-state index in [0.29, 0.717) is 18.4 Å². The van der Waals surface area contributed by atoms with Crippen molar-refractivity contribution < 1.29 is 14.4 Å². The molecule has 0 saturated heterocycles. The van der Waals surface area contributed by atoms with Gasteiger partial charge in [-0.25, -0.2) is 4.79 Å². The minimum Gasteiger partial charge on any atom is -0.477 e. The van der Waals surface area contributed by atoms with Gasteiger partial charge in [-0.15, -0.1) is 0 Å². The van der Waals surface area contributed by atoms with E-state index < -0.39 is 5.97 Å². The fraction of sp³-hybridized carbons (Fsp3) is 0.417. The molecule has 3 rings (SSSR count). The van der Waals surface area contributed by atoms with Gasteiger partial charge in [-0.3, -0.25) is 0 Å². The number of aryl methyl sites for hydroxylation is 1. The van der Waals surface area contributed by atoms with Crippen LogP contribution in [0.2, 0.25) is 0 Å². The smallest absolute Gasteiger partial charge is 0.352 e. The van der Waals surface area contributed by atoms with Crippen molar-refractivity contribution in [2.75, 3.05) is 0 Å². The fourth-order valence-electron chi connectivity index (χ4n) is 1.99. The number of nitrogens with zero attached hydrogens (tertiary/aromatic N) is 3. The minimum atomic E-state index is -0.945. The van der Waals surface area contributed by atoms with E-state index in [1.807, 2.05) is 0 Å². The highest BCUT2D eigenvalue weighted by atomic mass is 16.5. The van der Waals surface area contributed by atoms with Gasteiger partial charge in [-0.1, -0.05) is 5.16 Å². The number of aromatic nitrogens is 3. The third kappa shape index (κ3) is 1.90. The van der Waals surface area contributed by atoms with Gasteiger partial charge in [0.05, 0.1) is 0 Å². The monoisotopic (exact) mass is 247 g/mol. The van der Waals surface area contributed by atoms with E-state index in [-0.39, 0.29) is 5.69 Å². The van der Waals surface area contributed by atoms with Crippen molar-refractivity contribution in [3.05, 3.63) is 35.2 Å². The van der Waals surface area contributed by atoms with Crippen LogP contribution >= 0.6 is 0 Å². The lowest BCUT2D eigenvalue weighted by Gasteiger charge is -2.02. The van der Waals surface area contributed by atoms with Gasteiger partial charge in [0, 0.05) is 12.1 Å². The van der Waals surface area contributed by atoms with E-state index in [2.05, 4.69) is 10.1 Å². The van der Waals surface area contributed by atoms with Gasteiger partial charge >= 0.3 is 5.97 Å². The molecular weight excluding hydrogens is 234 g/mol. The Morgan fingerprint density at radius 3 is 3.06 bits per heavy atom. The number of carboxylic acids is 1. The number of rotatable bonds is 4. The van der Waals surface area contributed by atoms with Crippen LogP contribution in [-0.4, -0.2) is 25.8 Å². The Balaban J connectivity index is 1.84. The Bertz CT molecular complexity index is 595. The molecule has 1 fully saturated rings. The molecule has 2 aromatic rings. The van der Waals surface area contributed by atoms with Gasteiger partial charge < -0.3 is 14.2 Å². The van der Waals surface area contributed by atoms with Crippen molar-refractivity contribution >= 4 is 5.97 Å². The molecule has 2 heterocycles. The van der Waals surface area contributed by atoms with Crippen LogP contribution in [-0.2, 0) is 6.54 Å². The third-order valence-electron chi connectivity index (χ3n) is 3.10. The van der Waals surface area contributed by atoms with Gasteiger partial charge in [-0.2, -0.15) is 4.98 Å². The zero-order chi connectivity index (χ0) is 12.7. The van der Waals surface area contributed by atoms with Crippen molar-refractivity contribution in [2.45, 2.75) is 32.2 Å². The second-order valence-corrected chi connectivity index (χ2v) is 4.60. The average molecular weight is 247 g/mol. The summed E-state index contributed by atoms with van der Waals surface area (Å²) in [4.78, 5) is 15.4. The van der Waals surface area contributed by atoms with Gasteiger partial charge in [0.2, 0.25) is 5.89 Å². The molecule has 6 heteroatoms. The summed E-state index contributed by atoms with van der Waals surface area (Å²) in [5.41, 5.74) is 0.991. The Morgan fingerprint density at radius 2 is 2.39 bits per heavy atom. The Hall–Kier alpha value is -2.11. The standard InChI is InChI=1S/C12H13N3O3/c1-7-4-5-15(10(7)12(16)17)6-9-13-11(14-18-9)8-2-3-8/h4-5,8H,2-3,6H2,1H3,(H,16,17). The zero-order valence-electron chi connectivity index (χ0n) is 9.96. The SMILES string of the molecule is Cc1ccn(Cc2nc(C3CC3)no2)c1C(=O)O. The molecule has 1 N–H and O–H groups in total. The second kappa shape index (κ2) is 3.97. The lowest BCUT2D eigenvalue weighted by Crippen LogP contribution is -2.10. The summed E-state index contributed by atoms with van der Waals surface area (Å²) in [7, 11) is 0. The molecule has 0 atom stereocenters. The number of carboxylic acid groups (broad SMARTS) is 1. The zero-order valence-corrected chi connectivity index (χ0v) is 9.96. The first-order chi connectivity index (χ1) is 8.65. The number of carbonyl (C=O) groups is 1. The molecule has 0 radical (unpaired) electrons. The normalized spacial score (nSPS) is 14.9. The first kappa shape index (κ1) is 11.0. The van der Waals surface area contributed by atoms with E-state index in [1.54, 1.807) is 23.8 Å². The highest BCUT2D eigenvalue weighted by Crippen LogP contribution is 2.38. The molecule has 1 aliphatic rings. The van der Waals surface area contributed by atoms with E-state index in [4.69, 9.17) is 9.63 Å². The Morgan fingerprint density at radius 1 is 1.61 bits per heavy atom. The molecule has 0 spiro atoms. The van der Waals surface area contributed by atoms with E-state index in [1.165, 1.54) is 0 Å². The maximum Gasteiger partial charge on any atom is 0.352 e. The van der Waals surface area contributed by atoms with Crippen LogP contribution in [0.3, 0.4) is 0 Å². The maximum absolute atomic E-state index is 11.1. The average Bonchev–Trinajstić information content (AvgIpc) is 2.96. The van der Waals surface area contributed by atoms with Crippen LogP contribution in [0.25, 0.3) is 0 Å². The summed E-state index contributed by atoms with van der Waals surface area (Å²) < 4.78 is 6.75. The molecule has 0 aliphatic heterocycles. The number of hydrogen-bond acceptors (Lipinski definition) is 4. The lowest BCUT2D eigenvalue weighted by molar-refractivity contribution is 0.0684. The molecule has 2 aromatic heterocycles. The van der Waals surface area contributed by atoms with E-state index in [9.17, 15) is 4.79 Å². The molecule has 0 unspecified atom stereocenters. The first-order valence-electron chi connectivity index (χ1n) is 5.86. The quantitative estimate of drug-likeness (QED) is 0.890. The van der Waals surface area contributed by atoms with Gasteiger partial charge in [-0.05, 0) is 31.4 Å². The van der Waals surface area contributed by atoms with Crippen molar-refractivity contribution in [1.82, 2.24) is 14.7 Å². The van der Waals surface area contributed by atoms with E-state index in [0.717, 1.165) is 24.2 Å². The largest absolute Gasteiger partial charge is 0.477 e.